The Morgan fingerprint density at radius 1 is 1.20 bits per heavy atom. The zero-order valence-corrected chi connectivity index (χ0v) is 14.0. The Balaban J connectivity index is 2.41. The topological polar surface area (TPSA) is 61.0 Å². The molecular formula is C15H18IN3O. The monoisotopic (exact) mass is 383 g/mol. The first kappa shape index (κ1) is 15.2. The molecule has 0 aliphatic carbocycles. The molecule has 0 saturated carbocycles. The van der Waals surface area contributed by atoms with Crippen molar-refractivity contribution in [3.8, 4) is 11.4 Å². The van der Waals surface area contributed by atoms with Crippen LogP contribution in [-0.2, 0) is 11.3 Å². The van der Waals surface area contributed by atoms with Crippen LogP contribution in [0.4, 0.5) is 5.82 Å². The standard InChI is InChI=1S/C15H18IN3O/c1-9(2)10-4-6-11(7-5-10)15-18-12(8-20-3)13(16)14(17)19-15/h4-7,9H,8H2,1-3H3,(H2,17,18,19). The third kappa shape index (κ3) is 3.27. The molecule has 1 aromatic heterocycles. The number of nitrogens with two attached hydrogens (primary N) is 1. The molecule has 0 spiro atoms. The molecule has 0 amide bonds. The van der Waals surface area contributed by atoms with Gasteiger partial charge in [0.05, 0.1) is 15.9 Å². The minimum absolute atomic E-state index is 0.433. The van der Waals surface area contributed by atoms with Crippen molar-refractivity contribution >= 4 is 28.4 Å². The van der Waals surface area contributed by atoms with Gasteiger partial charge in [0.2, 0.25) is 0 Å². The van der Waals surface area contributed by atoms with E-state index in [1.54, 1.807) is 7.11 Å². The van der Waals surface area contributed by atoms with Crippen molar-refractivity contribution in [1.82, 2.24) is 9.97 Å². The Labute approximate surface area is 132 Å². The highest BCUT2D eigenvalue weighted by atomic mass is 127. The summed E-state index contributed by atoms with van der Waals surface area (Å²) in [6.07, 6.45) is 0. The lowest BCUT2D eigenvalue weighted by molar-refractivity contribution is 0.181. The second-order valence-electron chi connectivity index (χ2n) is 4.90. The fourth-order valence-corrected chi connectivity index (χ4v) is 2.29. The molecule has 0 aliphatic heterocycles. The molecule has 0 radical (unpaired) electrons. The summed E-state index contributed by atoms with van der Waals surface area (Å²) < 4.78 is 6.01. The maximum atomic E-state index is 5.95. The van der Waals surface area contributed by atoms with Gasteiger partial charge in [0.1, 0.15) is 5.82 Å². The summed E-state index contributed by atoms with van der Waals surface area (Å²) in [7, 11) is 1.64. The predicted molar refractivity (Wildman–Crippen MR) is 89.4 cm³/mol. The Morgan fingerprint density at radius 2 is 1.85 bits per heavy atom. The zero-order chi connectivity index (χ0) is 14.7. The number of halogens is 1. The van der Waals surface area contributed by atoms with E-state index in [4.69, 9.17) is 10.5 Å². The van der Waals surface area contributed by atoms with Gasteiger partial charge in [-0.15, -0.1) is 0 Å². The molecule has 1 heterocycles. The van der Waals surface area contributed by atoms with E-state index in [2.05, 4.69) is 58.5 Å². The fourth-order valence-electron chi connectivity index (χ4n) is 1.89. The first-order valence-corrected chi connectivity index (χ1v) is 7.52. The molecule has 0 bridgehead atoms. The first-order valence-electron chi connectivity index (χ1n) is 6.44. The molecule has 2 rings (SSSR count). The third-order valence-corrected chi connectivity index (χ3v) is 4.24. The lowest BCUT2D eigenvalue weighted by Crippen LogP contribution is -2.06. The van der Waals surface area contributed by atoms with Gasteiger partial charge in [-0.25, -0.2) is 9.97 Å². The van der Waals surface area contributed by atoms with Crippen LogP contribution in [0.15, 0.2) is 24.3 Å². The third-order valence-electron chi connectivity index (χ3n) is 3.06. The molecule has 0 fully saturated rings. The molecule has 5 heteroatoms. The van der Waals surface area contributed by atoms with Crippen LogP contribution in [0.5, 0.6) is 0 Å². The summed E-state index contributed by atoms with van der Waals surface area (Å²) in [5.74, 6) is 1.65. The summed E-state index contributed by atoms with van der Waals surface area (Å²) in [5.41, 5.74) is 9.04. The molecule has 20 heavy (non-hydrogen) atoms. The highest BCUT2D eigenvalue weighted by Crippen LogP contribution is 2.24. The van der Waals surface area contributed by atoms with Crippen molar-refractivity contribution < 1.29 is 4.74 Å². The molecular weight excluding hydrogens is 365 g/mol. The smallest absolute Gasteiger partial charge is 0.161 e. The Morgan fingerprint density at radius 3 is 2.40 bits per heavy atom. The van der Waals surface area contributed by atoms with Crippen LogP contribution in [0.3, 0.4) is 0 Å². The number of anilines is 1. The van der Waals surface area contributed by atoms with Crippen molar-refractivity contribution in [2.45, 2.75) is 26.4 Å². The van der Waals surface area contributed by atoms with E-state index in [0.717, 1.165) is 14.8 Å². The lowest BCUT2D eigenvalue weighted by Gasteiger charge is -2.10. The van der Waals surface area contributed by atoms with Gasteiger partial charge in [-0.2, -0.15) is 0 Å². The van der Waals surface area contributed by atoms with Crippen molar-refractivity contribution in [2.24, 2.45) is 0 Å². The average molecular weight is 383 g/mol. The average Bonchev–Trinajstić information content (AvgIpc) is 2.44. The van der Waals surface area contributed by atoms with E-state index in [1.165, 1.54) is 5.56 Å². The summed E-state index contributed by atoms with van der Waals surface area (Å²) in [6.45, 7) is 4.78. The van der Waals surface area contributed by atoms with Gasteiger partial charge in [0.25, 0.3) is 0 Å². The van der Waals surface area contributed by atoms with Crippen LogP contribution in [0.1, 0.15) is 31.0 Å². The van der Waals surface area contributed by atoms with Crippen LogP contribution >= 0.6 is 22.6 Å². The largest absolute Gasteiger partial charge is 0.383 e. The Bertz CT molecular complexity index is 597. The number of benzene rings is 1. The fraction of sp³-hybridized carbons (Fsp3) is 0.333. The highest BCUT2D eigenvalue weighted by molar-refractivity contribution is 14.1. The maximum Gasteiger partial charge on any atom is 0.161 e. The second-order valence-corrected chi connectivity index (χ2v) is 5.98. The molecule has 2 N–H and O–H groups in total. The predicted octanol–water partition coefficient (Wildman–Crippen LogP) is 3.60. The van der Waals surface area contributed by atoms with Crippen LogP contribution in [0, 0.1) is 3.57 Å². The summed E-state index contributed by atoms with van der Waals surface area (Å²) >= 11 is 2.15. The van der Waals surface area contributed by atoms with Crippen molar-refractivity contribution in [3.63, 3.8) is 0 Å². The number of hydrogen-bond donors (Lipinski definition) is 1. The van der Waals surface area contributed by atoms with Crippen LogP contribution in [0.25, 0.3) is 11.4 Å². The lowest BCUT2D eigenvalue weighted by atomic mass is 10.0. The van der Waals surface area contributed by atoms with Crippen LogP contribution < -0.4 is 5.73 Å². The van der Waals surface area contributed by atoms with E-state index in [9.17, 15) is 0 Å². The molecule has 4 nitrogen and oxygen atoms in total. The van der Waals surface area contributed by atoms with Gasteiger partial charge in [-0.05, 0) is 34.1 Å². The van der Waals surface area contributed by atoms with Gasteiger partial charge in [-0.1, -0.05) is 38.1 Å². The number of hydrogen-bond acceptors (Lipinski definition) is 4. The molecule has 2 aromatic rings. The number of nitrogens with zero attached hydrogens (tertiary/aromatic N) is 2. The van der Waals surface area contributed by atoms with Gasteiger partial charge in [0.15, 0.2) is 5.82 Å². The van der Waals surface area contributed by atoms with E-state index >= 15 is 0 Å². The highest BCUT2D eigenvalue weighted by Gasteiger charge is 2.11. The van der Waals surface area contributed by atoms with Crippen molar-refractivity contribution in [3.05, 3.63) is 39.1 Å². The van der Waals surface area contributed by atoms with E-state index in [1.807, 2.05) is 12.1 Å². The minimum atomic E-state index is 0.433. The number of nitrogen functional groups attached to an aromatic ring is 1. The van der Waals surface area contributed by atoms with Crippen molar-refractivity contribution in [2.75, 3.05) is 12.8 Å². The first-order chi connectivity index (χ1) is 9.52. The molecule has 106 valence electrons. The second kappa shape index (κ2) is 6.49. The molecule has 0 saturated heterocycles. The minimum Gasteiger partial charge on any atom is -0.383 e. The Kier molecular flexibility index (Phi) is 4.93. The van der Waals surface area contributed by atoms with E-state index in [-0.39, 0.29) is 0 Å². The normalized spacial score (nSPS) is 11.1. The molecule has 0 aliphatic rings. The van der Waals surface area contributed by atoms with E-state index < -0.39 is 0 Å². The van der Waals surface area contributed by atoms with Gasteiger partial charge >= 0.3 is 0 Å². The number of aromatic nitrogens is 2. The molecule has 1 aromatic carbocycles. The number of rotatable bonds is 4. The van der Waals surface area contributed by atoms with Gasteiger partial charge < -0.3 is 10.5 Å². The SMILES string of the molecule is COCc1nc(-c2ccc(C(C)C)cc2)nc(N)c1I. The number of methoxy groups -OCH3 is 1. The molecule has 0 unspecified atom stereocenters. The summed E-state index contributed by atoms with van der Waals surface area (Å²) in [5, 5.41) is 0. The summed E-state index contributed by atoms with van der Waals surface area (Å²) in [4.78, 5) is 8.91. The quantitative estimate of drug-likeness (QED) is 0.820. The van der Waals surface area contributed by atoms with Gasteiger partial charge in [-0.3, -0.25) is 0 Å². The van der Waals surface area contributed by atoms with Crippen LogP contribution in [0.2, 0.25) is 0 Å². The van der Waals surface area contributed by atoms with Crippen molar-refractivity contribution in [1.29, 1.82) is 0 Å². The van der Waals surface area contributed by atoms with Crippen LogP contribution in [-0.4, -0.2) is 17.1 Å². The Hall–Kier alpha value is -1.21. The zero-order valence-electron chi connectivity index (χ0n) is 11.9. The van der Waals surface area contributed by atoms with Gasteiger partial charge in [0, 0.05) is 12.7 Å². The molecule has 0 atom stereocenters. The number of ether oxygens (including phenoxy) is 1. The maximum absolute atomic E-state index is 5.95. The van der Waals surface area contributed by atoms with E-state index in [0.29, 0.717) is 24.2 Å². The summed E-state index contributed by atoms with van der Waals surface area (Å²) in [6, 6.07) is 8.28.